The number of aromatic nitrogens is 3. The number of aryl methyl sites for hydroxylation is 2. The van der Waals surface area contributed by atoms with E-state index in [1.165, 1.54) is 21.8 Å². The van der Waals surface area contributed by atoms with Crippen molar-refractivity contribution in [2.75, 3.05) is 0 Å². The standard InChI is InChI=1S/C20H17N3O3S/c1-13-3-4-14(2)23(13)17-7-5-15(6-8-17)19(25)26-12-16-11-18(24)22-9-10-27-20(22)21-16/h3-11H,12H2,1-2H3. The van der Waals surface area contributed by atoms with E-state index < -0.39 is 5.97 Å². The third-order valence-corrected chi connectivity index (χ3v) is 5.10. The van der Waals surface area contributed by atoms with Crippen LogP contribution in [0, 0.1) is 13.8 Å². The first-order chi connectivity index (χ1) is 13.0. The van der Waals surface area contributed by atoms with Crippen LogP contribution >= 0.6 is 11.3 Å². The van der Waals surface area contributed by atoms with Crippen LogP contribution in [0.25, 0.3) is 10.6 Å². The van der Waals surface area contributed by atoms with Gasteiger partial charge in [-0.2, -0.15) is 0 Å². The van der Waals surface area contributed by atoms with Crippen molar-refractivity contribution in [3.63, 3.8) is 0 Å². The number of carbonyl (C=O) groups is 1. The van der Waals surface area contributed by atoms with Gasteiger partial charge in [0.15, 0.2) is 4.96 Å². The van der Waals surface area contributed by atoms with Crippen LogP contribution in [0.2, 0.25) is 0 Å². The molecular weight excluding hydrogens is 362 g/mol. The Morgan fingerprint density at radius 3 is 2.52 bits per heavy atom. The Hall–Kier alpha value is -3.19. The minimum atomic E-state index is -0.448. The Balaban J connectivity index is 1.49. The van der Waals surface area contributed by atoms with E-state index in [9.17, 15) is 9.59 Å². The highest BCUT2D eigenvalue weighted by Gasteiger charge is 2.11. The molecule has 1 aromatic carbocycles. The van der Waals surface area contributed by atoms with E-state index in [0.717, 1.165) is 17.1 Å². The lowest BCUT2D eigenvalue weighted by atomic mass is 10.2. The molecule has 0 unspecified atom stereocenters. The molecular formula is C20H17N3O3S. The zero-order valence-corrected chi connectivity index (χ0v) is 15.7. The third-order valence-electron chi connectivity index (χ3n) is 4.34. The van der Waals surface area contributed by atoms with Gasteiger partial charge in [-0.05, 0) is 50.2 Å². The SMILES string of the molecule is Cc1ccc(C)n1-c1ccc(C(=O)OCc2cc(=O)n3ccsc3n2)cc1. The number of carbonyl (C=O) groups excluding carboxylic acids is 1. The largest absolute Gasteiger partial charge is 0.456 e. The second-order valence-electron chi connectivity index (χ2n) is 6.22. The second-order valence-corrected chi connectivity index (χ2v) is 7.09. The van der Waals surface area contributed by atoms with E-state index in [2.05, 4.69) is 21.7 Å². The van der Waals surface area contributed by atoms with Crippen LogP contribution in [0.1, 0.15) is 27.4 Å². The third kappa shape index (κ3) is 3.29. The zero-order chi connectivity index (χ0) is 19.0. The van der Waals surface area contributed by atoms with E-state index in [4.69, 9.17) is 4.74 Å². The fourth-order valence-electron chi connectivity index (χ4n) is 3.01. The molecule has 0 radical (unpaired) electrons. The summed E-state index contributed by atoms with van der Waals surface area (Å²) in [6.45, 7) is 4.03. The van der Waals surface area contributed by atoms with Crippen molar-refractivity contribution >= 4 is 22.3 Å². The summed E-state index contributed by atoms with van der Waals surface area (Å²) in [7, 11) is 0. The monoisotopic (exact) mass is 379 g/mol. The molecule has 3 heterocycles. The number of ether oxygens (including phenoxy) is 1. The van der Waals surface area contributed by atoms with Gasteiger partial charge in [0.2, 0.25) is 0 Å². The fraction of sp³-hybridized carbons (Fsp3) is 0.150. The van der Waals surface area contributed by atoms with Crippen LogP contribution < -0.4 is 5.56 Å². The number of thiazole rings is 1. The number of rotatable bonds is 4. The van der Waals surface area contributed by atoms with Crippen LogP contribution in [-0.4, -0.2) is 19.9 Å². The highest BCUT2D eigenvalue weighted by atomic mass is 32.1. The van der Waals surface area contributed by atoms with Crippen molar-refractivity contribution in [3.05, 3.63) is 87.0 Å². The number of benzene rings is 1. The molecule has 136 valence electrons. The highest BCUT2D eigenvalue weighted by Crippen LogP contribution is 2.17. The smallest absolute Gasteiger partial charge is 0.338 e. The molecule has 0 aliphatic rings. The van der Waals surface area contributed by atoms with E-state index in [1.54, 1.807) is 23.7 Å². The Labute approximate surface area is 159 Å². The second kappa shape index (κ2) is 6.85. The van der Waals surface area contributed by atoms with Crippen molar-refractivity contribution in [1.82, 2.24) is 14.0 Å². The molecule has 27 heavy (non-hydrogen) atoms. The first kappa shape index (κ1) is 17.2. The Morgan fingerprint density at radius 2 is 1.81 bits per heavy atom. The maximum Gasteiger partial charge on any atom is 0.338 e. The summed E-state index contributed by atoms with van der Waals surface area (Å²) in [6.07, 6.45) is 1.67. The van der Waals surface area contributed by atoms with E-state index in [1.807, 2.05) is 26.0 Å². The summed E-state index contributed by atoms with van der Waals surface area (Å²) in [5, 5.41) is 1.79. The van der Waals surface area contributed by atoms with Gasteiger partial charge in [0.05, 0.1) is 11.3 Å². The van der Waals surface area contributed by atoms with E-state index in [0.29, 0.717) is 16.2 Å². The van der Waals surface area contributed by atoms with Crippen LogP contribution in [0.4, 0.5) is 0 Å². The van der Waals surface area contributed by atoms with Crippen molar-refractivity contribution in [1.29, 1.82) is 0 Å². The molecule has 3 aromatic heterocycles. The molecule has 4 aromatic rings. The number of esters is 1. The van der Waals surface area contributed by atoms with Gasteiger partial charge < -0.3 is 9.30 Å². The van der Waals surface area contributed by atoms with Crippen molar-refractivity contribution < 1.29 is 9.53 Å². The predicted molar refractivity (Wildman–Crippen MR) is 104 cm³/mol. The maximum absolute atomic E-state index is 12.3. The number of nitrogens with zero attached hydrogens (tertiary/aromatic N) is 3. The highest BCUT2D eigenvalue weighted by molar-refractivity contribution is 7.15. The van der Waals surface area contributed by atoms with Gasteiger partial charge in [0.25, 0.3) is 5.56 Å². The lowest BCUT2D eigenvalue weighted by molar-refractivity contribution is 0.0468. The molecule has 0 spiro atoms. The van der Waals surface area contributed by atoms with Gasteiger partial charge in [0.1, 0.15) is 6.61 Å². The summed E-state index contributed by atoms with van der Waals surface area (Å²) in [5.41, 5.74) is 3.95. The van der Waals surface area contributed by atoms with Crippen molar-refractivity contribution in [3.8, 4) is 5.69 Å². The van der Waals surface area contributed by atoms with Gasteiger partial charge in [-0.25, -0.2) is 9.78 Å². The molecule has 0 saturated heterocycles. The van der Waals surface area contributed by atoms with Crippen LogP contribution in [0.5, 0.6) is 0 Å². The van der Waals surface area contributed by atoms with Gasteiger partial charge >= 0.3 is 5.97 Å². The summed E-state index contributed by atoms with van der Waals surface area (Å²) in [6, 6.07) is 12.7. The number of fused-ring (bicyclic) bond motifs is 1. The number of hydrogen-bond acceptors (Lipinski definition) is 5. The molecule has 0 aliphatic carbocycles. The Bertz CT molecular complexity index is 1170. The van der Waals surface area contributed by atoms with Crippen LogP contribution in [-0.2, 0) is 11.3 Å². The lowest BCUT2D eigenvalue weighted by Gasteiger charge is -2.10. The molecule has 0 fully saturated rings. The van der Waals surface area contributed by atoms with Gasteiger partial charge in [-0.15, -0.1) is 11.3 Å². The maximum atomic E-state index is 12.3. The average molecular weight is 379 g/mol. The summed E-state index contributed by atoms with van der Waals surface area (Å²) < 4.78 is 8.89. The molecule has 6 nitrogen and oxygen atoms in total. The zero-order valence-electron chi connectivity index (χ0n) is 14.9. The van der Waals surface area contributed by atoms with E-state index >= 15 is 0 Å². The van der Waals surface area contributed by atoms with Crippen molar-refractivity contribution in [2.24, 2.45) is 0 Å². The Kier molecular flexibility index (Phi) is 4.37. The predicted octanol–water partition coefficient (Wildman–Crippen LogP) is 3.52. The molecule has 0 aliphatic heterocycles. The first-order valence-electron chi connectivity index (χ1n) is 8.41. The van der Waals surface area contributed by atoms with Crippen LogP contribution in [0.15, 0.2) is 58.8 Å². The summed E-state index contributed by atoms with van der Waals surface area (Å²) >= 11 is 1.36. The molecule has 4 rings (SSSR count). The van der Waals surface area contributed by atoms with Gasteiger partial charge in [-0.3, -0.25) is 9.20 Å². The molecule has 0 N–H and O–H groups in total. The molecule has 0 amide bonds. The first-order valence-corrected chi connectivity index (χ1v) is 9.29. The summed E-state index contributed by atoms with van der Waals surface area (Å²) in [5.74, 6) is -0.448. The normalized spacial score (nSPS) is 11.0. The Morgan fingerprint density at radius 1 is 1.11 bits per heavy atom. The quantitative estimate of drug-likeness (QED) is 0.509. The van der Waals surface area contributed by atoms with Crippen molar-refractivity contribution in [2.45, 2.75) is 20.5 Å². The number of hydrogen-bond donors (Lipinski definition) is 0. The minimum Gasteiger partial charge on any atom is -0.456 e. The minimum absolute atomic E-state index is 0.0416. The summed E-state index contributed by atoms with van der Waals surface area (Å²) in [4.78, 5) is 29.2. The van der Waals surface area contributed by atoms with Gasteiger partial charge in [0, 0.05) is 34.7 Å². The lowest BCUT2D eigenvalue weighted by Crippen LogP contribution is -2.14. The topological polar surface area (TPSA) is 65.6 Å². The molecule has 0 atom stereocenters. The van der Waals surface area contributed by atoms with E-state index in [-0.39, 0.29) is 12.2 Å². The average Bonchev–Trinajstić information content (AvgIpc) is 3.27. The fourth-order valence-corrected chi connectivity index (χ4v) is 3.75. The molecule has 7 heteroatoms. The molecule has 0 saturated carbocycles. The van der Waals surface area contributed by atoms with Gasteiger partial charge in [-0.1, -0.05) is 0 Å². The molecule has 0 bridgehead atoms. The van der Waals surface area contributed by atoms with Crippen LogP contribution in [0.3, 0.4) is 0 Å².